The first-order chi connectivity index (χ1) is 14.1. The van der Waals surface area contributed by atoms with Crippen LogP contribution >= 0.6 is 0 Å². The molecule has 1 N–H and O–H groups in total. The number of carbonyl (C=O) groups is 2. The van der Waals surface area contributed by atoms with Crippen LogP contribution in [0.15, 0.2) is 77.9 Å². The second-order valence-electron chi connectivity index (χ2n) is 5.86. The van der Waals surface area contributed by atoms with Crippen molar-refractivity contribution in [1.29, 1.82) is 0 Å². The number of hydrazone groups is 1. The molecule has 1 amide bonds. The van der Waals surface area contributed by atoms with Gasteiger partial charge in [-0.1, -0.05) is 12.1 Å². The average Bonchev–Trinajstić information content (AvgIpc) is 2.75. The molecule has 0 aliphatic rings. The number of halogens is 1. The second kappa shape index (κ2) is 9.27. The fraction of sp³-hybridized carbons (Fsp3) is 0.0455. The van der Waals surface area contributed by atoms with Gasteiger partial charge < -0.3 is 9.47 Å². The number of benzene rings is 3. The molecular weight excluding hydrogens is 375 g/mol. The molecular formula is C22H17FN2O4. The van der Waals surface area contributed by atoms with Crippen molar-refractivity contribution in [3.63, 3.8) is 0 Å². The normalized spacial score (nSPS) is 10.6. The molecule has 0 saturated carbocycles. The van der Waals surface area contributed by atoms with Gasteiger partial charge in [0.1, 0.15) is 17.3 Å². The van der Waals surface area contributed by atoms with Crippen molar-refractivity contribution in [2.45, 2.75) is 0 Å². The Morgan fingerprint density at radius 1 is 0.966 bits per heavy atom. The first-order valence-electron chi connectivity index (χ1n) is 8.61. The third kappa shape index (κ3) is 5.26. The third-order valence-corrected chi connectivity index (χ3v) is 3.90. The number of hydrogen-bond acceptors (Lipinski definition) is 5. The predicted octanol–water partition coefficient (Wildman–Crippen LogP) is 3.82. The van der Waals surface area contributed by atoms with E-state index in [0.29, 0.717) is 22.6 Å². The third-order valence-electron chi connectivity index (χ3n) is 3.90. The number of hydrogen-bond donors (Lipinski definition) is 1. The fourth-order valence-electron chi connectivity index (χ4n) is 2.43. The average molecular weight is 392 g/mol. The Labute approximate surface area is 166 Å². The Morgan fingerprint density at radius 3 is 2.34 bits per heavy atom. The van der Waals surface area contributed by atoms with E-state index in [1.807, 2.05) is 0 Å². The molecule has 0 bridgehead atoms. The number of rotatable bonds is 6. The van der Waals surface area contributed by atoms with Gasteiger partial charge in [0.05, 0.1) is 24.5 Å². The monoisotopic (exact) mass is 392 g/mol. The van der Waals surface area contributed by atoms with Gasteiger partial charge in [0.2, 0.25) is 0 Å². The Bertz CT molecular complexity index is 1030. The molecule has 3 aromatic rings. The zero-order valence-electron chi connectivity index (χ0n) is 15.5. The Balaban J connectivity index is 1.58. The van der Waals surface area contributed by atoms with Crippen LogP contribution in [0.2, 0.25) is 0 Å². The number of methoxy groups -OCH3 is 1. The molecule has 0 aliphatic heterocycles. The van der Waals surface area contributed by atoms with E-state index in [4.69, 9.17) is 9.47 Å². The number of carbonyl (C=O) groups excluding carboxylic acids is 2. The standard InChI is InChI=1S/C22H17FN2O4/c1-28-20-5-3-2-4-19(20)21(26)25-24-14-15-6-12-18(13-7-15)29-22(27)16-8-10-17(23)11-9-16/h2-14H,1H3,(H,25,26)/b24-14+. The quantitative estimate of drug-likeness (QED) is 0.299. The largest absolute Gasteiger partial charge is 0.496 e. The molecule has 3 rings (SSSR count). The zero-order chi connectivity index (χ0) is 20.6. The molecule has 0 saturated heterocycles. The van der Waals surface area contributed by atoms with Gasteiger partial charge in [0.15, 0.2) is 0 Å². The lowest BCUT2D eigenvalue weighted by Gasteiger charge is -2.06. The van der Waals surface area contributed by atoms with E-state index in [0.717, 1.165) is 0 Å². The highest BCUT2D eigenvalue weighted by molar-refractivity contribution is 5.97. The predicted molar refractivity (Wildman–Crippen MR) is 106 cm³/mol. The molecule has 0 spiro atoms. The van der Waals surface area contributed by atoms with E-state index < -0.39 is 17.7 Å². The maximum atomic E-state index is 12.9. The number of ether oxygens (including phenoxy) is 2. The van der Waals surface area contributed by atoms with Gasteiger partial charge in [0.25, 0.3) is 5.91 Å². The SMILES string of the molecule is COc1ccccc1C(=O)N/N=C/c1ccc(OC(=O)c2ccc(F)cc2)cc1. The van der Waals surface area contributed by atoms with E-state index in [9.17, 15) is 14.0 Å². The summed E-state index contributed by atoms with van der Waals surface area (Å²) in [6, 6.07) is 18.4. The first-order valence-corrected chi connectivity index (χ1v) is 8.61. The van der Waals surface area contributed by atoms with Crippen molar-refractivity contribution >= 4 is 18.1 Å². The number of para-hydroxylation sites is 1. The highest BCUT2D eigenvalue weighted by Crippen LogP contribution is 2.17. The molecule has 0 heterocycles. The summed E-state index contributed by atoms with van der Waals surface area (Å²) in [7, 11) is 1.49. The van der Waals surface area contributed by atoms with Crippen molar-refractivity contribution < 1.29 is 23.5 Å². The van der Waals surface area contributed by atoms with Gasteiger partial charge in [-0.3, -0.25) is 4.79 Å². The summed E-state index contributed by atoms with van der Waals surface area (Å²) in [5.41, 5.74) is 3.73. The summed E-state index contributed by atoms with van der Waals surface area (Å²) >= 11 is 0. The van der Waals surface area contributed by atoms with E-state index in [-0.39, 0.29) is 5.56 Å². The number of nitrogens with zero attached hydrogens (tertiary/aromatic N) is 1. The molecule has 6 nitrogen and oxygen atoms in total. The highest BCUT2D eigenvalue weighted by Gasteiger charge is 2.10. The van der Waals surface area contributed by atoms with Crippen LogP contribution in [0.5, 0.6) is 11.5 Å². The van der Waals surface area contributed by atoms with Crippen LogP contribution in [0.3, 0.4) is 0 Å². The molecule has 0 aromatic heterocycles. The zero-order valence-corrected chi connectivity index (χ0v) is 15.5. The van der Waals surface area contributed by atoms with Crippen LogP contribution in [0.4, 0.5) is 4.39 Å². The fourth-order valence-corrected chi connectivity index (χ4v) is 2.43. The summed E-state index contributed by atoms with van der Waals surface area (Å²) < 4.78 is 23.3. The number of nitrogens with one attached hydrogen (secondary N) is 1. The highest BCUT2D eigenvalue weighted by atomic mass is 19.1. The van der Waals surface area contributed by atoms with E-state index in [2.05, 4.69) is 10.5 Å². The molecule has 0 radical (unpaired) electrons. The minimum Gasteiger partial charge on any atom is -0.496 e. The summed E-state index contributed by atoms with van der Waals surface area (Å²) in [6.45, 7) is 0. The summed E-state index contributed by atoms with van der Waals surface area (Å²) in [5.74, 6) is -0.635. The van der Waals surface area contributed by atoms with Crippen LogP contribution in [-0.4, -0.2) is 25.2 Å². The minimum atomic E-state index is -0.588. The smallest absolute Gasteiger partial charge is 0.343 e. The first kappa shape index (κ1) is 19.8. The Kier molecular flexibility index (Phi) is 6.32. The molecule has 7 heteroatoms. The van der Waals surface area contributed by atoms with Crippen molar-refractivity contribution in [3.05, 3.63) is 95.3 Å². The molecule has 0 fully saturated rings. The lowest BCUT2D eigenvalue weighted by atomic mass is 10.2. The van der Waals surface area contributed by atoms with Crippen molar-refractivity contribution in [2.24, 2.45) is 5.10 Å². The van der Waals surface area contributed by atoms with E-state index in [1.54, 1.807) is 48.5 Å². The Morgan fingerprint density at radius 2 is 1.66 bits per heavy atom. The van der Waals surface area contributed by atoms with Crippen molar-refractivity contribution in [3.8, 4) is 11.5 Å². The van der Waals surface area contributed by atoms with E-state index in [1.165, 1.54) is 37.6 Å². The van der Waals surface area contributed by atoms with Gasteiger partial charge in [-0.2, -0.15) is 5.10 Å². The lowest BCUT2D eigenvalue weighted by Crippen LogP contribution is -2.18. The number of esters is 1. The maximum Gasteiger partial charge on any atom is 0.343 e. The van der Waals surface area contributed by atoms with Gasteiger partial charge in [-0.25, -0.2) is 14.6 Å². The van der Waals surface area contributed by atoms with Gasteiger partial charge in [-0.05, 0) is 66.2 Å². The van der Waals surface area contributed by atoms with Crippen LogP contribution < -0.4 is 14.9 Å². The topological polar surface area (TPSA) is 77.0 Å². The molecule has 0 atom stereocenters. The lowest BCUT2D eigenvalue weighted by molar-refractivity contribution is 0.0734. The van der Waals surface area contributed by atoms with Crippen LogP contribution in [0, 0.1) is 5.82 Å². The summed E-state index contributed by atoms with van der Waals surface area (Å²) in [5, 5.41) is 3.92. The van der Waals surface area contributed by atoms with Crippen molar-refractivity contribution in [2.75, 3.05) is 7.11 Å². The number of amides is 1. The van der Waals surface area contributed by atoms with Crippen LogP contribution in [0.1, 0.15) is 26.3 Å². The molecule has 3 aromatic carbocycles. The summed E-state index contributed by atoms with van der Waals surface area (Å²) in [4.78, 5) is 24.2. The van der Waals surface area contributed by atoms with Crippen LogP contribution in [-0.2, 0) is 0 Å². The molecule has 0 aliphatic carbocycles. The second-order valence-corrected chi connectivity index (χ2v) is 5.86. The van der Waals surface area contributed by atoms with Gasteiger partial charge in [0, 0.05) is 0 Å². The molecule has 29 heavy (non-hydrogen) atoms. The molecule has 146 valence electrons. The van der Waals surface area contributed by atoms with E-state index >= 15 is 0 Å². The van der Waals surface area contributed by atoms with Crippen LogP contribution in [0.25, 0.3) is 0 Å². The minimum absolute atomic E-state index is 0.246. The van der Waals surface area contributed by atoms with Gasteiger partial charge >= 0.3 is 5.97 Å². The molecule has 0 unspecified atom stereocenters. The maximum absolute atomic E-state index is 12.9. The van der Waals surface area contributed by atoms with Gasteiger partial charge in [-0.15, -0.1) is 0 Å². The Hall–Kier alpha value is -4.00. The van der Waals surface area contributed by atoms with Crippen molar-refractivity contribution in [1.82, 2.24) is 5.43 Å². The summed E-state index contributed by atoms with van der Waals surface area (Å²) in [6.07, 6.45) is 1.46.